The van der Waals surface area contributed by atoms with Crippen LogP contribution in [0, 0.1) is 22.7 Å². The normalized spacial score (nSPS) is 12.0. The third-order valence-electron chi connectivity index (χ3n) is 4.24. The summed E-state index contributed by atoms with van der Waals surface area (Å²) in [5.41, 5.74) is 0.734. The first kappa shape index (κ1) is 27.0. The fraction of sp³-hybridized carbons (Fsp3) is 0.231. The largest absolute Gasteiger partial charge is 0.376 e. The quantitative estimate of drug-likeness (QED) is 0.287. The molecule has 0 aliphatic rings. The number of nitrogens with one attached hydrogen (secondary N) is 4. The Labute approximate surface area is 210 Å². The molecular weight excluding hydrogens is 460 g/mol. The van der Waals surface area contributed by atoms with Crippen molar-refractivity contribution in [1.82, 2.24) is 10.6 Å². The summed E-state index contributed by atoms with van der Waals surface area (Å²) in [5, 5.41) is 31.8. The minimum Gasteiger partial charge on any atom is -0.376 e. The van der Waals surface area contributed by atoms with Gasteiger partial charge < -0.3 is 21.3 Å². The summed E-state index contributed by atoms with van der Waals surface area (Å²) in [6.07, 6.45) is 0. The first-order valence-corrected chi connectivity index (χ1v) is 11.8. The van der Waals surface area contributed by atoms with E-state index in [-0.39, 0.29) is 33.3 Å². The van der Waals surface area contributed by atoms with Crippen LogP contribution in [0.3, 0.4) is 0 Å². The molecule has 2 aromatic carbocycles. The van der Waals surface area contributed by atoms with Gasteiger partial charge in [0, 0.05) is 23.5 Å². The summed E-state index contributed by atoms with van der Waals surface area (Å²) in [7, 11) is 0. The molecule has 2 aromatic rings. The van der Waals surface area contributed by atoms with E-state index in [1.807, 2.05) is 52.0 Å². The predicted molar refractivity (Wildman–Crippen MR) is 140 cm³/mol. The number of carbonyl (C=O) groups is 2. The second-order valence-corrected chi connectivity index (χ2v) is 8.99. The Balaban J connectivity index is 2.50. The van der Waals surface area contributed by atoms with Crippen LogP contribution in [0.15, 0.2) is 81.9 Å². The molecule has 0 radical (unpaired) electrons. The number of anilines is 2. The van der Waals surface area contributed by atoms with Crippen LogP contribution >= 0.6 is 11.8 Å². The smallest absolute Gasteiger partial charge is 0.269 e. The van der Waals surface area contributed by atoms with Gasteiger partial charge in [0.15, 0.2) is 0 Å². The molecule has 2 rings (SSSR count). The first-order chi connectivity index (χ1) is 16.7. The maximum Gasteiger partial charge on any atom is 0.269 e. The van der Waals surface area contributed by atoms with E-state index in [2.05, 4.69) is 21.3 Å². The van der Waals surface area contributed by atoms with Gasteiger partial charge in [0.05, 0.1) is 10.1 Å². The average Bonchev–Trinajstić information content (AvgIpc) is 2.80. The van der Waals surface area contributed by atoms with Crippen molar-refractivity contribution in [2.24, 2.45) is 0 Å². The summed E-state index contributed by atoms with van der Waals surface area (Å²) < 4.78 is 0. The van der Waals surface area contributed by atoms with Crippen molar-refractivity contribution in [2.75, 3.05) is 10.6 Å². The van der Waals surface area contributed by atoms with Crippen LogP contribution in [-0.2, 0) is 9.59 Å². The monoisotopic (exact) mass is 488 g/mol. The van der Waals surface area contributed by atoms with Crippen molar-refractivity contribution in [1.29, 1.82) is 10.5 Å². The summed E-state index contributed by atoms with van der Waals surface area (Å²) >= 11 is 0.960. The van der Waals surface area contributed by atoms with E-state index in [1.54, 1.807) is 48.5 Å². The number of nitrogens with zero attached hydrogens (tertiary/aromatic N) is 2. The fourth-order valence-electron chi connectivity index (χ4n) is 2.77. The van der Waals surface area contributed by atoms with E-state index in [0.29, 0.717) is 11.4 Å². The zero-order chi connectivity index (χ0) is 25.8. The molecule has 180 valence electrons. The molecule has 9 heteroatoms. The minimum atomic E-state index is -0.606. The number of thioether (sulfide) groups is 1. The number of para-hydroxylation sites is 2. The topological polar surface area (TPSA) is 130 Å². The molecule has 0 heterocycles. The van der Waals surface area contributed by atoms with Gasteiger partial charge in [0.25, 0.3) is 11.8 Å². The van der Waals surface area contributed by atoms with Crippen molar-refractivity contribution in [3.63, 3.8) is 0 Å². The number of rotatable bonds is 10. The molecule has 0 unspecified atom stereocenters. The number of benzene rings is 2. The lowest BCUT2D eigenvalue weighted by atomic mass is 10.2. The van der Waals surface area contributed by atoms with Crippen molar-refractivity contribution in [3.05, 3.63) is 81.9 Å². The summed E-state index contributed by atoms with van der Waals surface area (Å²) in [6, 6.07) is 21.2. The van der Waals surface area contributed by atoms with Crippen LogP contribution < -0.4 is 21.3 Å². The number of carbonyl (C=O) groups excluding carboxylic acids is 2. The van der Waals surface area contributed by atoms with E-state index < -0.39 is 11.8 Å². The molecule has 2 amide bonds. The molecule has 0 saturated carbocycles. The van der Waals surface area contributed by atoms with Crippen LogP contribution in [0.5, 0.6) is 0 Å². The van der Waals surface area contributed by atoms with Gasteiger partial charge in [-0.1, -0.05) is 48.2 Å². The molecule has 8 nitrogen and oxygen atoms in total. The first-order valence-electron chi connectivity index (χ1n) is 11.0. The van der Waals surface area contributed by atoms with Gasteiger partial charge in [-0.25, -0.2) is 0 Å². The maximum atomic E-state index is 13.0. The van der Waals surface area contributed by atoms with E-state index >= 15 is 0 Å². The number of nitriles is 2. The highest BCUT2D eigenvalue weighted by atomic mass is 32.2. The van der Waals surface area contributed by atoms with Crippen molar-refractivity contribution in [3.8, 4) is 12.1 Å². The Morgan fingerprint density at radius 1 is 0.686 bits per heavy atom. The Kier molecular flexibility index (Phi) is 10.4. The molecule has 0 fully saturated rings. The van der Waals surface area contributed by atoms with Gasteiger partial charge in [-0.3, -0.25) is 9.59 Å². The van der Waals surface area contributed by atoms with Gasteiger partial charge in [0.1, 0.15) is 23.3 Å². The lowest BCUT2D eigenvalue weighted by molar-refractivity contribution is -0.113. The molecule has 0 bridgehead atoms. The summed E-state index contributed by atoms with van der Waals surface area (Å²) in [5.74, 6) is -1.21. The Morgan fingerprint density at radius 2 is 1.03 bits per heavy atom. The van der Waals surface area contributed by atoms with E-state index in [1.165, 1.54) is 0 Å². The van der Waals surface area contributed by atoms with Gasteiger partial charge in [0.2, 0.25) is 0 Å². The molecule has 0 spiro atoms. The van der Waals surface area contributed by atoms with E-state index in [9.17, 15) is 20.1 Å². The molecule has 0 aromatic heterocycles. The van der Waals surface area contributed by atoms with Crippen LogP contribution in [0.2, 0.25) is 0 Å². The second-order valence-electron chi connectivity index (χ2n) is 7.97. The molecule has 0 aliphatic carbocycles. The van der Waals surface area contributed by atoms with Gasteiger partial charge in [-0.05, 0) is 52.0 Å². The average molecular weight is 489 g/mol. The lowest BCUT2D eigenvalue weighted by Crippen LogP contribution is -2.29. The standard InChI is InChI=1S/C26H28N6O2S/c1-17(2)29-25(21(15-27)23(33)31-19-11-7-5-8-12-19)35-26(30-18(3)4)22(16-28)24(34)32-20-13-9-6-10-14-20/h5-14,17-18,29-30H,1-4H3,(H,31,33)(H,32,34)/b25-21+,26-22+. The summed E-state index contributed by atoms with van der Waals surface area (Å²) in [6.45, 7) is 7.43. The Morgan fingerprint density at radius 3 is 1.31 bits per heavy atom. The zero-order valence-corrected chi connectivity index (χ0v) is 20.9. The van der Waals surface area contributed by atoms with Crippen LogP contribution in [0.25, 0.3) is 0 Å². The van der Waals surface area contributed by atoms with Crippen LogP contribution in [0.1, 0.15) is 27.7 Å². The molecule has 35 heavy (non-hydrogen) atoms. The highest BCUT2D eigenvalue weighted by Crippen LogP contribution is 2.29. The number of hydrogen-bond donors (Lipinski definition) is 4. The van der Waals surface area contributed by atoms with Crippen LogP contribution in [-0.4, -0.2) is 23.9 Å². The van der Waals surface area contributed by atoms with Crippen molar-refractivity contribution < 1.29 is 9.59 Å². The Bertz CT molecular complexity index is 1080. The molecule has 0 aliphatic heterocycles. The van der Waals surface area contributed by atoms with Crippen molar-refractivity contribution >= 4 is 35.0 Å². The number of amides is 2. The SMILES string of the molecule is CC(C)N/C(S/C(NC(C)C)=C(\C#N)C(=O)Nc1ccccc1)=C(/C#N)C(=O)Nc1ccccc1. The highest BCUT2D eigenvalue weighted by molar-refractivity contribution is 8.06. The summed E-state index contributed by atoms with van der Waals surface area (Å²) in [4.78, 5) is 25.9. The molecular formula is C26H28N6O2S. The Hall–Kier alpha value is -4.21. The van der Waals surface area contributed by atoms with Crippen LogP contribution in [0.4, 0.5) is 11.4 Å². The third-order valence-corrected chi connectivity index (χ3v) is 5.29. The third kappa shape index (κ3) is 8.58. The minimum absolute atomic E-state index is 0.130. The van der Waals surface area contributed by atoms with Gasteiger partial charge >= 0.3 is 0 Å². The van der Waals surface area contributed by atoms with Crippen molar-refractivity contribution in [2.45, 2.75) is 39.8 Å². The predicted octanol–water partition coefficient (Wildman–Crippen LogP) is 4.46. The number of hydrogen-bond acceptors (Lipinski definition) is 7. The second kappa shape index (κ2) is 13.5. The molecule has 4 N–H and O–H groups in total. The zero-order valence-electron chi connectivity index (χ0n) is 20.0. The fourth-order valence-corrected chi connectivity index (χ4v) is 4.05. The van der Waals surface area contributed by atoms with Gasteiger partial charge in [-0.15, -0.1) is 0 Å². The molecule has 0 atom stereocenters. The lowest BCUT2D eigenvalue weighted by Gasteiger charge is -2.20. The van der Waals surface area contributed by atoms with E-state index in [0.717, 1.165) is 11.8 Å². The maximum absolute atomic E-state index is 13.0. The van der Waals surface area contributed by atoms with E-state index in [4.69, 9.17) is 0 Å². The van der Waals surface area contributed by atoms with Gasteiger partial charge in [-0.2, -0.15) is 10.5 Å². The molecule has 0 saturated heterocycles. The highest BCUT2D eigenvalue weighted by Gasteiger charge is 2.23.